The van der Waals surface area contributed by atoms with Gasteiger partial charge >= 0.3 is 5.97 Å². The van der Waals surface area contributed by atoms with Gasteiger partial charge in [-0.2, -0.15) is 0 Å². The molecule has 0 aromatic heterocycles. The first-order valence-electron chi connectivity index (χ1n) is 6.56. The molecule has 0 fully saturated rings. The molecule has 1 unspecified atom stereocenters. The van der Waals surface area contributed by atoms with E-state index in [4.69, 9.17) is 4.74 Å². The van der Waals surface area contributed by atoms with Gasteiger partial charge in [0.2, 0.25) is 0 Å². The number of ether oxygens (including phenoxy) is 1. The van der Waals surface area contributed by atoms with Gasteiger partial charge in [0.05, 0.1) is 11.3 Å². The molecule has 0 aliphatic rings. The maximum Gasteiger partial charge on any atom is 0.311 e. The van der Waals surface area contributed by atoms with Crippen LogP contribution in [0.25, 0.3) is 0 Å². The van der Waals surface area contributed by atoms with E-state index in [0.29, 0.717) is 5.75 Å². The lowest BCUT2D eigenvalue weighted by molar-refractivity contribution is -0.384. The third-order valence-electron chi connectivity index (χ3n) is 3.12. The molecule has 2 aromatic rings. The number of hydrogen-bond donors (Lipinski definition) is 0. The van der Waals surface area contributed by atoms with Crippen molar-refractivity contribution in [1.29, 1.82) is 0 Å². The number of benzene rings is 2. The lowest BCUT2D eigenvalue weighted by Gasteiger charge is -2.11. The van der Waals surface area contributed by atoms with E-state index in [-0.39, 0.29) is 24.0 Å². The monoisotopic (exact) mass is 285 g/mol. The van der Waals surface area contributed by atoms with Gasteiger partial charge in [0.25, 0.3) is 5.69 Å². The number of esters is 1. The predicted molar refractivity (Wildman–Crippen MR) is 78.2 cm³/mol. The Morgan fingerprint density at radius 3 is 2.33 bits per heavy atom. The molecule has 0 saturated carbocycles. The molecule has 0 aliphatic heterocycles. The molecule has 0 bridgehead atoms. The van der Waals surface area contributed by atoms with Crippen LogP contribution in [-0.4, -0.2) is 10.9 Å². The van der Waals surface area contributed by atoms with Crippen LogP contribution in [0.4, 0.5) is 5.69 Å². The summed E-state index contributed by atoms with van der Waals surface area (Å²) in [5, 5.41) is 10.5. The second-order valence-corrected chi connectivity index (χ2v) is 4.74. The van der Waals surface area contributed by atoms with Gasteiger partial charge in [-0.3, -0.25) is 14.9 Å². The molecule has 0 saturated heterocycles. The van der Waals surface area contributed by atoms with E-state index >= 15 is 0 Å². The highest BCUT2D eigenvalue weighted by molar-refractivity contribution is 5.73. The first-order chi connectivity index (χ1) is 10.1. The van der Waals surface area contributed by atoms with Gasteiger partial charge in [-0.25, -0.2) is 0 Å². The molecule has 21 heavy (non-hydrogen) atoms. The zero-order chi connectivity index (χ0) is 15.2. The lowest BCUT2D eigenvalue weighted by Crippen LogP contribution is -2.11. The lowest BCUT2D eigenvalue weighted by atomic mass is 9.98. The van der Waals surface area contributed by atoms with Crippen molar-refractivity contribution in [2.75, 3.05) is 0 Å². The quantitative estimate of drug-likeness (QED) is 0.363. The Kier molecular flexibility index (Phi) is 4.66. The maximum atomic E-state index is 11.9. The molecule has 0 aliphatic carbocycles. The van der Waals surface area contributed by atoms with Crippen molar-refractivity contribution in [2.24, 2.45) is 0 Å². The van der Waals surface area contributed by atoms with Gasteiger partial charge in [0.15, 0.2) is 0 Å². The highest BCUT2D eigenvalue weighted by Crippen LogP contribution is 2.21. The van der Waals surface area contributed by atoms with E-state index < -0.39 is 4.92 Å². The van der Waals surface area contributed by atoms with E-state index in [1.165, 1.54) is 24.3 Å². The normalized spacial score (nSPS) is 11.7. The smallest absolute Gasteiger partial charge is 0.311 e. The first kappa shape index (κ1) is 14.7. The largest absolute Gasteiger partial charge is 0.427 e. The zero-order valence-electron chi connectivity index (χ0n) is 11.6. The van der Waals surface area contributed by atoms with Crippen LogP contribution in [0, 0.1) is 10.1 Å². The molecule has 5 heteroatoms. The Hall–Kier alpha value is -2.69. The summed E-state index contributed by atoms with van der Waals surface area (Å²) in [5.41, 5.74) is 1.03. The Bertz CT molecular complexity index is 622. The molecule has 0 N–H and O–H groups in total. The van der Waals surface area contributed by atoms with E-state index in [1.807, 2.05) is 37.3 Å². The van der Waals surface area contributed by atoms with E-state index in [9.17, 15) is 14.9 Å². The summed E-state index contributed by atoms with van der Waals surface area (Å²) in [6, 6.07) is 15.2. The van der Waals surface area contributed by atoms with Gasteiger partial charge in [0.1, 0.15) is 5.75 Å². The number of nitro groups is 1. The third kappa shape index (κ3) is 4.14. The summed E-state index contributed by atoms with van der Waals surface area (Å²) in [7, 11) is 0. The molecule has 1 atom stereocenters. The van der Waals surface area contributed by atoms with Crippen LogP contribution < -0.4 is 4.74 Å². The number of nitrogens with zero attached hydrogens (tertiary/aromatic N) is 1. The SMILES string of the molecule is CC(CC(=O)Oc1ccc([N+](=O)[O-])cc1)c1ccccc1. The van der Waals surface area contributed by atoms with Crippen molar-refractivity contribution in [2.45, 2.75) is 19.3 Å². The summed E-state index contributed by atoms with van der Waals surface area (Å²) >= 11 is 0. The molecular formula is C16H15NO4. The third-order valence-corrected chi connectivity index (χ3v) is 3.12. The average Bonchev–Trinajstić information content (AvgIpc) is 2.48. The molecule has 0 heterocycles. The zero-order valence-corrected chi connectivity index (χ0v) is 11.6. The maximum absolute atomic E-state index is 11.9. The van der Waals surface area contributed by atoms with Crippen LogP contribution in [0.3, 0.4) is 0 Å². The van der Waals surface area contributed by atoms with E-state index in [1.54, 1.807) is 0 Å². The molecule has 108 valence electrons. The molecule has 2 aromatic carbocycles. The number of rotatable bonds is 5. The topological polar surface area (TPSA) is 69.4 Å². The van der Waals surface area contributed by atoms with Crippen LogP contribution in [0.5, 0.6) is 5.75 Å². The molecule has 2 rings (SSSR count). The Morgan fingerprint density at radius 2 is 1.76 bits per heavy atom. The highest BCUT2D eigenvalue weighted by atomic mass is 16.6. The highest BCUT2D eigenvalue weighted by Gasteiger charge is 2.13. The fourth-order valence-corrected chi connectivity index (χ4v) is 1.96. The Labute approximate surface area is 122 Å². The standard InChI is InChI=1S/C16H15NO4/c1-12(13-5-3-2-4-6-13)11-16(18)21-15-9-7-14(8-10-15)17(19)20/h2-10,12H,11H2,1H3. The van der Waals surface area contributed by atoms with Crippen molar-refractivity contribution < 1.29 is 14.5 Å². The van der Waals surface area contributed by atoms with Crippen LogP contribution >= 0.6 is 0 Å². The second kappa shape index (κ2) is 6.65. The summed E-state index contributed by atoms with van der Waals surface area (Å²) in [6.45, 7) is 1.95. The fraction of sp³-hybridized carbons (Fsp3) is 0.188. The summed E-state index contributed by atoms with van der Waals surface area (Å²) in [4.78, 5) is 21.9. The molecule has 5 nitrogen and oxygen atoms in total. The number of non-ortho nitro benzene ring substituents is 1. The van der Waals surface area contributed by atoms with Gasteiger partial charge in [-0.1, -0.05) is 37.3 Å². The van der Waals surface area contributed by atoms with Crippen LogP contribution in [0.15, 0.2) is 54.6 Å². The minimum atomic E-state index is -0.497. The molecule has 0 radical (unpaired) electrons. The number of hydrogen-bond acceptors (Lipinski definition) is 4. The van der Waals surface area contributed by atoms with Gasteiger partial charge in [-0.05, 0) is 23.6 Å². The van der Waals surface area contributed by atoms with Crippen LogP contribution in [0.2, 0.25) is 0 Å². The van der Waals surface area contributed by atoms with Crippen molar-refractivity contribution >= 4 is 11.7 Å². The Balaban J connectivity index is 1.94. The van der Waals surface area contributed by atoms with Crippen LogP contribution in [0.1, 0.15) is 24.8 Å². The number of carbonyl (C=O) groups excluding carboxylic acids is 1. The first-order valence-corrected chi connectivity index (χ1v) is 6.56. The van der Waals surface area contributed by atoms with Crippen molar-refractivity contribution in [3.8, 4) is 5.75 Å². The second-order valence-electron chi connectivity index (χ2n) is 4.74. The minimum absolute atomic E-state index is 0.0348. The summed E-state index contributed by atoms with van der Waals surface area (Å²) < 4.78 is 5.18. The molecule has 0 spiro atoms. The van der Waals surface area contributed by atoms with Crippen molar-refractivity contribution in [3.05, 3.63) is 70.3 Å². The molecule has 0 amide bonds. The number of carbonyl (C=O) groups is 1. The van der Waals surface area contributed by atoms with Crippen molar-refractivity contribution in [3.63, 3.8) is 0 Å². The fourth-order valence-electron chi connectivity index (χ4n) is 1.96. The minimum Gasteiger partial charge on any atom is -0.427 e. The average molecular weight is 285 g/mol. The van der Waals surface area contributed by atoms with Gasteiger partial charge in [0, 0.05) is 12.1 Å². The van der Waals surface area contributed by atoms with E-state index in [0.717, 1.165) is 5.56 Å². The van der Waals surface area contributed by atoms with Crippen LogP contribution in [-0.2, 0) is 4.79 Å². The van der Waals surface area contributed by atoms with Gasteiger partial charge in [-0.15, -0.1) is 0 Å². The van der Waals surface area contributed by atoms with Gasteiger partial charge < -0.3 is 4.74 Å². The Morgan fingerprint density at radius 1 is 1.14 bits per heavy atom. The summed E-state index contributed by atoms with van der Waals surface area (Å²) in [6.07, 6.45) is 0.251. The number of nitro benzene ring substituents is 1. The predicted octanol–water partition coefficient (Wildman–Crippen LogP) is 3.69. The van der Waals surface area contributed by atoms with Crippen molar-refractivity contribution in [1.82, 2.24) is 0 Å². The molecular weight excluding hydrogens is 270 g/mol. The van der Waals surface area contributed by atoms with E-state index in [2.05, 4.69) is 0 Å². The summed E-state index contributed by atoms with van der Waals surface area (Å²) in [5.74, 6) is 0.00261.